The van der Waals surface area contributed by atoms with Gasteiger partial charge in [0.15, 0.2) is 0 Å². The molecule has 3 nitrogen and oxygen atoms in total. The van der Waals surface area contributed by atoms with Crippen LogP contribution in [-0.4, -0.2) is 11.6 Å². The second kappa shape index (κ2) is 8.45. The van der Waals surface area contributed by atoms with Crippen LogP contribution in [0.2, 0.25) is 0 Å². The van der Waals surface area contributed by atoms with E-state index in [-0.39, 0.29) is 5.91 Å². The number of benzene rings is 1. The Bertz CT molecular complexity index is 385. The molecule has 0 saturated carbocycles. The second-order valence-electron chi connectivity index (χ2n) is 4.33. The SMILES string of the molecule is CCCC/C(CC)=N/NC(=O)Cc1ccccc1. The van der Waals surface area contributed by atoms with Crippen molar-refractivity contribution in [2.75, 3.05) is 0 Å². The highest BCUT2D eigenvalue weighted by Crippen LogP contribution is 2.01. The average Bonchev–Trinajstić information content (AvgIpc) is 2.40. The lowest BCUT2D eigenvalue weighted by molar-refractivity contribution is -0.120. The summed E-state index contributed by atoms with van der Waals surface area (Å²) in [5, 5.41) is 4.19. The van der Waals surface area contributed by atoms with Gasteiger partial charge in [-0.2, -0.15) is 5.10 Å². The number of carbonyl (C=O) groups excluding carboxylic acids is 1. The monoisotopic (exact) mass is 246 g/mol. The summed E-state index contributed by atoms with van der Waals surface area (Å²) in [6, 6.07) is 9.71. The van der Waals surface area contributed by atoms with Crippen LogP contribution < -0.4 is 5.43 Å². The first kappa shape index (κ1) is 14.4. The van der Waals surface area contributed by atoms with E-state index >= 15 is 0 Å². The molecular weight excluding hydrogens is 224 g/mol. The lowest BCUT2D eigenvalue weighted by atomic mass is 10.1. The van der Waals surface area contributed by atoms with E-state index < -0.39 is 0 Å². The smallest absolute Gasteiger partial charge is 0.244 e. The van der Waals surface area contributed by atoms with Crippen LogP contribution >= 0.6 is 0 Å². The lowest BCUT2D eigenvalue weighted by Gasteiger charge is -2.04. The molecule has 0 unspecified atom stereocenters. The third kappa shape index (κ3) is 5.62. The Morgan fingerprint density at radius 1 is 1.22 bits per heavy atom. The number of amides is 1. The zero-order valence-corrected chi connectivity index (χ0v) is 11.3. The molecule has 1 amide bonds. The fraction of sp³-hybridized carbons (Fsp3) is 0.467. The summed E-state index contributed by atoms with van der Waals surface area (Å²) in [6.07, 6.45) is 4.53. The van der Waals surface area contributed by atoms with E-state index in [0.717, 1.165) is 37.0 Å². The third-order valence-electron chi connectivity index (χ3n) is 2.77. The zero-order valence-electron chi connectivity index (χ0n) is 11.3. The highest BCUT2D eigenvalue weighted by atomic mass is 16.2. The van der Waals surface area contributed by atoms with Gasteiger partial charge >= 0.3 is 0 Å². The van der Waals surface area contributed by atoms with Crippen molar-refractivity contribution in [1.82, 2.24) is 5.43 Å². The average molecular weight is 246 g/mol. The van der Waals surface area contributed by atoms with Gasteiger partial charge in [0.2, 0.25) is 5.91 Å². The third-order valence-corrected chi connectivity index (χ3v) is 2.77. The predicted molar refractivity (Wildman–Crippen MR) is 75.5 cm³/mol. The summed E-state index contributed by atoms with van der Waals surface area (Å²) in [6.45, 7) is 4.22. The molecular formula is C15H22N2O. The fourth-order valence-corrected chi connectivity index (χ4v) is 1.65. The van der Waals surface area contributed by atoms with Crippen molar-refractivity contribution in [3.05, 3.63) is 35.9 Å². The Morgan fingerprint density at radius 3 is 2.56 bits per heavy atom. The Morgan fingerprint density at radius 2 is 1.94 bits per heavy atom. The van der Waals surface area contributed by atoms with E-state index in [9.17, 15) is 4.79 Å². The summed E-state index contributed by atoms with van der Waals surface area (Å²) >= 11 is 0. The molecule has 0 saturated heterocycles. The number of hydrogen-bond donors (Lipinski definition) is 1. The number of unbranched alkanes of at least 4 members (excludes halogenated alkanes) is 1. The molecule has 0 aromatic heterocycles. The maximum Gasteiger partial charge on any atom is 0.244 e. The molecule has 1 aromatic rings. The summed E-state index contributed by atoms with van der Waals surface area (Å²) in [5.41, 5.74) is 4.72. The van der Waals surface area contributed by atoms with E-state index in [1.54, 1.807) is 0 Å². The molecule has 0 atom stereocenters. The van der Waals surface area contributed by atoms with Crippen molar-refractivity contribution in [3.63, 3.8) is 0 Å². The van der Waals surface area contributed by atoms with Gasteiger partial charge in [0, 0.05) is 5.71 Å². The van der Waals surface area contributed by atoms with E-state index in [4.69, 9.17) is 0 Å². The first-order valence-corrected chi connectivity index (χ1v) is 6.64. The fourth-order valence-electron chi connectivity index (χ4n) is 1.65. The van der Waals surface area contributed by atoms with Crippen molar-refractivity contribution in [3.8, 4) is 0 Å². The van der Waals surface area contributed by atoms with Gasteiger partial charge in [-0.15, -0.1) is 0 Å². The normalized spacial score (nSPS) is 11.3. The van der Waals surface area contributed by atoms with Crippen LogP contribution in [0.1, 0.15) is 45.1 Å². The highest BCUT2D eigenvalue weighted by Gasteiger charge is 2.02. The number of nitrogens with one attached hydrogen (secondary N) is 1. The number of hydrogen-bond acceptors (Lipinski definition) is 2. The maximum absolute atomic E-state index is 11.7. The van der Waals surface area contributed by atoms with Crippen molar-refractivity contribution in [2.24, 2.45) is 5.10 Å². The molecule has 0 aliphatic heterocycles. The van der Waals surface area contributed by atoms with E-state index in [1.165, 1.54) is 0 Å². The van der Waals surface area contributed by atoms with Gasteiger partial charge in [-0.3, -0.25) is 4.79 Å². The first-order valence-electron chi connectivity index (χ1n) is 6.64. The summed E-state index contributed by atoms with van der Waals surface area (Å²) in [4.78, 5) is 11.7. The second-order valence-corrected chi connectivity index (χ2v) is 4.33. The van der Waals surface area contributed by atoms with Crippen LogP contribution in [0.4, 0.5) is 0 Å². The molecule has 0 bridgehead atoms. The van der Waals surface area contributed by atoms with Gasteiger partial charge in [0.05, 0.1) is 6.42 Å². The standard InChI is InChI=1S/C15H22N2O/c1-3-5-11-14(4-2)16-17-15(18)12-13-9-7-6-8-10-13/h6-10H,3-5,11-12H2,1-2H3,(H,17,18)/b16-14+. The molecule has 0 aliphatic carbocycles. The maximum atomic E-state index is 11.7. The van der Waals surface area contributed by atoms with Gasteiger partial charge < -0.3 is 0 Å². The van der Waals surface area contributed by atoms with Crippen molar-refractivity contribution in [2.45, 2.75) is 46.0 Å². The molecule has 0 aliphatic rings. The van der Waals surface area contributed by atoms with Crippen molar-refractivity contribution >= 4 is 11.6 Å². The van der Waals surface area contributed by atoms with Crippen LogP contribution in [0.5, 0.6) is 0 Å². The Kier molecular flexibility index (Phi) is 6.77. The first-order chi connectivity index (χ1) is 8.76. The number of rotatable bonds is 7. The van der Waals surface area contributed by atoms with Gasteiger partial charge in [-0.1, -0.05) is 50.6 Å². The minimum absolute atomic E-state index is 0.0522. The van der Waals surface area contributed by atoms with Crippen LogP contribution in [0, 0.1) is 0 Å². The minimum Gasteiger partial charge on any atom is -0.273 e. The van der Waals surface area contributed by atoms with Gasteiger partial charge in [0.25, 0.3) is 0 Å². The van der Waals surface area contributed by atoms with Crippen molar-refractivity contribution in [1.29, 1.82) is 0 Å². The minimum atomic E-state index is -0.0522. The van der Waals surface area contributed by atoms with E-state index in [2.05, 4.69) is 24.4 Å². The largest absolute Gasteiger partial charge is 0.273 e. The number of hydrazone groups is 1. The van der Waals surface area contributed by atoms with Crippen LogP contribution in [-0.2, 0) is 11.2 Å². The number of nitrogens with zero attached hydrogens (tertiary/aromatic N) is 1. The Labute approximate surface area is 109 Å². The molecule has 18 heavy (non-hydrogen) atoms. The van der Waals surface area contributed by atoms with Crippen LogP contribution in [0.3, 0.4) is 0 Å². The topological polar surface area (TPSA) is 41.5 Å². The Hall–Kier alpha value is -1.64. The van der Waals surface area contributed by atoms with E-state index in [0.29, 0.717) is 6.42 Å². The predicted octanol–water partition coefficient (Wildman–Crippen LogP) is 3.30. The molecule has 0 fully saturated rings. The molecule has 3 heteroatoms. The molecule has 98 valence electrons. The highest BCUT2D eigenvalue weighted by molar-refractivity contribution is 5.86. The molecule has 0 spiro atoms. The molecule has 1 aromatic carbocycles. The Balaban J connectivity index is 2.42. The molecule has 0 heterocycles. The molecule has 1 rings (SSSR count). The molecule has 1 N–H and O–H groups in total. The molecule has 0 radical (unpaired) electrons. The van der Waals surface area contributed by atoms with Gasteiger partial charge in [0.1, 0.15) is 0 Å². The van der Waals surface area contributed by atoms with Crippen LogP contribution in [0.15, 0.2) is 35.4 Å². The van der Waals surface area contributed by atoms with E-state index in [1.807, 2.05) is 30.3 Å². The number of carbonyl (C=O) groups is 1. The van der Waals surface area contributed by atoms with Crippen LogP contribution in [0.25, 0.3) is 0 Å². The zero-order chi connectivity index (χ0) is 13.2. The summed E-state index contributed by atoms with van der Waals surface area (Å²) < 4.78 is 0. The summed E-state index contributed by atoms with van der Waals surface area (Å²) in [5.74, 6) is -0.0522. The summed E-state index contributed by atoms with van der Waals surface area (Å²) in [7, 11) is 0. The quantitative estimate of drug-likeness (QED) is 0.582. The lowest BCUT2D eigenvalue weighted by Crippen LogP contribution is -2.21. The van der Waals surface area contributed by atoms with Gasteiger partial charge in [-0.25, -0.2) is 5.43 Å². The van der Waals surface area contributed by atoms with Gasteiger partial charge in [-0.05, 0) is 24.8 Å². The van der Waals surface area contributed by atoms with Crippen molar-refractivity contribution < 1.29 is 4.79 Å².